The number of benzene rings is 2. The summed E-state index contributed by atoms with van der Waals surface area (Å²) >= 11 is 0. The predicted octanol–water partition coefficient (Wildman–Crippen LogP) is 5.66. The largest absolute Gasteiger partial charge is 0.493 e. The fraction of sp³-hybridized carbons (Fsp3) is 0.485. The number of carboxylic acids is 1. The van der Waals surface area contributed by atoms with Gasteiger partial charge in [0.25, 0.3) is 5.91 Å². The molecule has 45 heavy (non-hydrogen) atoms. The maximum Gasteiger partial charge on any atom is 0.303 e. The van der Waals surface area contributed by atoms with Gasteiger partial charge in [0, 0.05) is 43.1 Å². The molecule has 3 N–H and O–H groups in total. The van der Waals surface area contributed by atoms with Crippen molar-refractivity contribution in [2.75, 3.05) is 33.4 Å². The highest BCUT2D eigenvalue weighted by atomic mass is 79.9. The zero-order valence-electron chi connectivity index (χ0n) is 26.6. The summed E-state index contributed by atoms with van der Waals surface area (Å²) in [5.41, 5.74) is 2.42. The van der Waals surface area contributed by atoms with Crippen LogP contribution in [-0.2, 0) is 16.8 Å². The predicted molar refractivity (Wildman–Crippen MR) is 175 cm³/mol. The van der Waals surface area contributed by atoms with Crippen molar-refractivity contribution in [1.82, 2.24) is 10.2 Å². The van der Waals surface area contributed by atoms with Crippen LogP contribution >= 0.6 is 17.0 Å². The van der Waals surface area contributed by atoms with E-state index in [9.17, 15) is 14.4 Å². The van der Waals surface area contributed by atoms with E-state index in [1.54, 1.807) is 29.2 Å². The van der Waals surface area contributed by atoms with Crippen LogP contribution in [0.15, 0.2) is 24.3 Å². The number of carbonyl (C=O) groups is 3. The first-order valence-corrected chi connectivity index (χ1v) is 14.8. The lowest BCUT2D eigenvalue weighted by Crippen LogP contribution is -2.30. The lowest BCUT2D eigenvalue weighted by molar-refractivity contribution is -0.137. The Labute approximate surface area is 275 Å². The molecule has 244 valence electrons. The molecule has 0 radical (unpaired) electrons. The Morgan fingerprint density at radius 3 is 2.38 bits per heavy atom. The smallest absolute Gasteiger partial charge is 0.303 e. The van der Waals surface area contributed by atoms with Crippen molar-refractivity contribution in [2.24, 2.45) is 0 Å². The molecule has 2 aromatic carbocycles. The van der Waals surface area contributed by atoms with Crippen LogP contribution in [0.25, 0.3) is 0 Å². The molecule has 0 saturated heterocycles. The summed E-state index contributed by atoms with van der Waals surface area (Å²) in [4.78, 5) is 38.8. The highest BCUT2D eigenvalue weighted by Gasteiger charge is 2.31. The number of ether oxygens (including phenoxy) is 3. The quantitative estimate of drug-likeness (QED) is 0.149. The van der Waals surface area contributed by atoms with E-state index in [2.05, 4.69) is 11.4 Å². The number of nitriles is 1. The van der Waals surface area contributed by atoms with Crippen molar-refractivity contribution in [3.05, 3.63) is 52.1 Å². The molecule has 2 aromatic rings. The topological polar surface area (TPSA) is 162 Å². The van der Waals surface area contributed by atoms with Crippen molar-refractivity contribution in [3.8, 4) is 23.3 Å². The number of amidine groups is 1. The number of aliphatic carboxylic acids is 1. The van der Waals surface area contributed by atoms with Gasteiger partial charge in [0.1, 0.15) is 11.6 Å². The third-order valence-electron chi connectivity index (χ3n) is 7.15. The monoisotopic (exact) mass is 686 g/mol. The van der Waals surface area contributed by atoms with E-state index in [4.69, 9.17) is 30.0 Å². The molecule has 0 atom stereocenters. The van der Waals surface area contributed by atoms with Gasteiger partial charge < -0.3 is 29.5 Å². The van der Waals surface area contributed by atoms with Crippen LogP contribution in [0.5, 0.6) is 17.2 Å². The van der Waals surface area contributed by atoms with Crippen molar-refractivity contribution in [2.45, 2.75) is 71.8 Å². The summed E-state index contributed by atoms with van der Waals surface area (Å²) in [5, 5.41) is 29.3. The van der Waals surface area contributed by atoms with Crippen LogP contribution in [0.4, 0.5) is 0 Å². The Morgan fingerprint density at radius 1 is 1.04 bits per heavy atom. The molecule has 11 nitrogen and oxygen atoms in total. The Balaban J connectivity index is 0.00000705. The number of hydrogen-bond donors (Lipinski definition) is 3. The fourth-order valence-corrected chi connectivity index (χ4v) is 4.88. The molecule has 0 unspecified atom stereocenters. The van der Waals surface area contributed by atoms with E-state index in [-0.39, 0.29) is 60.7 Å². The van der Waals surface area contributed by atoms with Crippen LogP contribution in [0.2, 0.25) is 0 Å². The Kier molecular flexibility index (Phi) is 13.9. The second-order valence-electron chi connectivity index (χ2n) is 11.6. The molecule has 1 aliphatic rings. The van der Waals surface area contributed by atoms with Crippen LogP contribution in [0.3, 0.4) is 0 Å². The molecule has 0 bridgehead atoms. The average molecular weight is 688 g/mol. The summed E-state index contributed by atoms with van der Waals surface area (Å²) in [6, 6.07) is 8.93. The first-order chi connectivity index (χ1) is 20.9. The second kappa shape index (κ2) is 16.8. The SMILES string of the molecule is Br.CCOc1cc2c(cc1C(=O)NC)C(=N)N(CC(=O)c1cc(OCCCC#N)c(OCCCCC(=O)O)c(C(C)(C)C)c1)C2. The van der Waals surface area contributed by atoms with Gasteiger partial charge in [0.15, 0.2) is 17.3 Å². The first-order valence-electron chi connectivity index (χ1n) is 14.8. The summed E-state index contributed by atoms with van der Waals surface area (Å²) in [5.74, 6) is 0.0472. The minimum absolute atomic E-state index is 0. The number of hydrogen-bond acceptors (Lipinski definition) is 8. The number of rotatable bonds is 16. The summed E-state index contributed by atoms with van der Waals surface area (Å²) in [6.07, 6.45) is 1.88. The van der Waals surface area contributed by atoms with Gasteiger partial charge in [0.2, 0.25) is 0 Å². The third-order valence-corrected chi connectivity index (χ3v) is 7.15. The van der Waals surface area contributed by atoms with Crippen molar-refractivity contribution in [1.29, 1.82) is 10.7 Å². The number of amides is 1. The number of nitrogens with one attached hydrogen (secondary N) is 2. The number of unbranched alkanes of at least 4 members (excludes halogenated alkanes) is 2. The number of fused-ring (bicyclic) bond motifs is 1. The number of ketones is 1. The highest BCUT2D eigenvalue weighted by Crippen LogP contribution is 2.41. The highest BCUT2D eigenvalue weighted by molar-refractivity contribution is 8.93. The van der Waals surface area contributed by atoms with Crippen molar-refractivity contribution >= 4 is 40.5 Å². The maximum absolute atomic E-state index is 13.7. The van der Waals surface area contributed by atoms with E-state index in [1.807, 2.05) is 27.7 Å². The van der Waals surface area contributed by atoms with Gasteiger partial charge >= 0.3 is 5.97 Å². The molecule has 0 fully saturated rings. The molecule has 0 aromatic heterocycles. The number of carbonyl (C=O) groups excluding carboxylic acids is 2. The van der Waals surface area contributed by atoms with Crippen molar-refractivity contribution < 1.29 is 33.7 Å². The minimum Gasteiger partial charge on any atom is -0.493 e. The molecular weight excluding hydrogens is 644 g/mol. The fourth-order valence-electron chi connectivity index (χ4n) is 4.88. The van der Waals surface area contributed by atoms with Gasteiger partial charge in [-0.2, -0.15) is 5.26 Å². The molecular formula is C33H43BrN4O7. The molecule has 0 saturated carbocycles. The van der Waals surface area contributed by atoms with Gasteiger partial charge in [-0.3, -0.25) is 19.8 Å². The molecule has 0 aliphatic carbocycles. The van der Waals surface area contributed by atoms with Gasteiger partial charge in [-0.1, -0.05) is 20.8 Å². The number of nitrogens with zero attached hydrogens (tertiary/aromatic N) is 2. The molecule has 1 aliphatic heterocycles. The van der Waals surface area contributed by atoms with Crippen LogP contribution < -0.4 is 19.5 Å². The van der Waals surface area contributed by atoms with E-state index in [0.717, 1.165) is 11.1 Å². The van der Waals surface area contributed by atoms with Crippen LogP contribution in [-0.4, -0.2) is 66.9 Å². The van der Waals surface area contributed by atoms with E-state index in [1.165, 1.54) is 7.05 Å². The van der Waals surface area contributed by atoms with E-state index >= 15 is 0 Å². The summed E-state index contributed by atoms with van der Waals surface area (Å²) < 4.78 is 17.9. The standard InChI is InChI=1S/C33H42N4O7.BrH/c1-6-42-27-17-22-19-37(31(35)23(22)18-24(27)32(41)36-5)20-26(38)21-15-25(33(2,3)4)30(44-14-9-7-11-29(39)40)28(16-21)43-13-10-8-12-34;/h15-18,35H,6-11,13-14,19-20H2,1-5H3,(H,36,41)(H,39,40);1H. The van der Waals surface area contributed by atoms with Crippen LogP contribution in [0, 0.1) is 16.7 Å². The zero-order valence-corrected chi connectivity index (χ0v) is 28.3. The molecule has 1 amide bonds. The molecule has 0 spiro atoms. The second-order valence-corrected chi connectivity index (χ2v) is 11.6. The summed E-state index contributed by atoms with van der Waals surface area (Å²) in [6.45, 7) is 8.99. The molecule has 12 heteroatoms. The normalized spacial score (nSPS) is 12.1. The lowest BCUT2D eigenvalue weighted by atomic mass is 9.84. The lowest BCUT2D eigenvalue weighted by Gasteiger charge is -2.26. The average Bonchev–Trinajstić information content (AvgIpc) is 3.27. The van der Waals surface area contributed by atoms with E-state index in [0.29, 0.717) is 72.8 Å². The van der Waals surface area contributed by atoms with Gasteiger partial charge in [-0.15, -0.1) is 17.0 Å². The molecule has 1 heterocycles. The van der Waals surface area contributed by atoms with Gasteiger partial charge in [-0.25, -0.2) is 0 Å². The van der Waals surface area contributed by atoms with Crippen molar-refractivity contribution in [3.63, 3.8) is 0 Å². The zero-order chi connectivity index (χ0) is 32.4. The summed E-state index contributed by atoms with van der Waals surface area (Å²) in [7, 11) is 1.53. The Morgan fingerprint density at radius 2 is 1.76 bits per heavy atom. The number of halogens is 1. The van der Waals surface area contributed by atoms with Gasteiger partial charge in [0.05, 0.1) is 38.0 Å². The van der Waals surface area contributed by atoms with Gasteiger partial charge in [-0.05, 0) is 61.4 Å². The third kappa shape index (κ3) is 9.69. The Bertz CT molecular complexity index is 1450. The van der Waals surface area contributed by atoms with E-state index < -0.39 is 11.4 Å². The number of Topliss-reactive ketones (excluding diaryl/α,β-unsaturated/α-hetero) is 1. The Hall–Kier alpha value is -4.11. The van der Waals surface area contributed by atoms with Crippen LogP contribution in [0.1, 0.15) is 97.2 Å². The maximum atomic E-state index is 13.7. The number of carboxylic acid groups (broad SMARTS) is 1. The molecule has 3 rings (SSSR count). The first kappa shape index (κ1) is 37.1. The minimum atomic E-state index is -0.861.